The quantitative estimate of drug-likeness (QED) is 0.426. The second kappa shape index (κ2) is 11.0. The molecule has 20 heavy (non-hydrogen) atoms. The van der Waals surface area contributed by atoms with Crippen molar-refractivity contribution in [3.05, 3.63) is 0 Å². The normalized spacial score (nSPS) is 10.1. The maximum Gasteiger partial charge on any atom is 0.323 e. The molecule has 0 aromatic carbocycles. The van der Waals surface area contributed by atoms with Gasteiger partial charge in [-0.3, -0.25) is 9.59 Å². The smallest absolute Gasteiger partial charge is 0.323 e. The lowest BCUT2D eigenvalue weighted by Gasteiger charge is -2.18. The molecule has 0 bridgehead atoms. The highest BCUT2D eigenvalue weighted by molar-refractivity contribution is 5.84. The number of urea groups is 1. The van der Waals surface area contributed by atoms with Crippen molar-refractivity contribution >= 4 is 18.0 Å². The monoisotopic (exact) mass is 292 g/mol. The molecule has 9 heteroatoms. The molecule has 0 atom stereocenters. The number of nitrogens with zero attached hydrogens (tertiary/aromatic N) is 1. The van der Waals surface area contributed by atoms with Crippen LogP contribution in [0, 0.1) is 0 Å². The van der Waals surface area contributed by atoms with Gasteiger partial charge in [-0.25, -0.2) is 4.79 Å². The third kappa shape index (κ3) is 10.1. The van der Waals surface area contributed by atoms with E-state index < -0.39 is 31.1 Å². The van der Waals surface area contributed by atoms with E-state index in [1.807, 2.05) is 0 Å². The van der Waals surface area contributed by atoms with Crippen LogP contribution in [0.2, 0.25) is 0 Å². The van der Waals surface area contributed by atoms with Crippen LogP contribution in [0.25, 0.3) is 0 Å². The Bertz CT molecular complexity index is 306. The zero-order valence-electron chi connectivity index (χ0n) is 11.3. The van der Waals surface area contributed by atoms with E-state index in [1.54, 1.807) is 7.11 Å². The molecule has 0 unspecified atom stereocenters. The predicted octanol–water partition coefficient (Wildman–Crippen LogP) is -0.780. The molecular weight excluding hydrogens is 272 g/mol. The van der Waals surface area contributed by atoms with Gasteiger partial charge in [0.1, 0.15) is 13.1 Å². The van der Waals surface area contributed by atoms with Crippen molar-refractivity contribution in [2.45, 2.75) is 6.42 Å². The molecule has 2 amide bonds. The summed E-state index contributed by atoms with van der Waals surface area (Å²) in [4.78, 5) is 33.3. The number of hydrogen-bond acceptors (Lipinski definition) is 5. The summed E-state index contributed by atoms with van der Waals surface area (Å²) in [6.07, 6.45) is 0.531. The summed E-state index contributed by atoms with van der Waals surface area (Å²) in [5, 5.41) is 19.6. The third-order valence-corrected chi connectivity index (χ3v) is 2.11. The molecule has 0 rings (SSSR count). The van der Waals surface area contributed by atoms with Crippen LogP contribution in [0.1, 0.15) is 6.42 Å². The van der Waals surface area contributed by atoms with Crippen LogP contribution in [0.5, 0.6) is 0 Å². The number of aliphatic carboxylic acids is 2. The summed E-state index contributed by atoms with van der Waals surface area (Å²) < 4.78 is 9.95. The summed E-state index contributed by atoms with van der Waals surface area (Å²) in [5.41, 5.74) is 0. The van der Waals surface area contributed by atoms with Gasteiger partial charge in [-0.1, -0.05) is 0 Å². The molecule has 0 aromatic rings. The fraction of sp³-hybridized carbons (Fsp3) is 0.727. The van der Waals surface area contributed by atoms with Crippen LogP contribution in [0.15, 0.2) is 0 Å². The SMILES string of the molecule is COCCOCCCNC(=O)N(CC(=O)O)CC(=O)O. The minimum Gasteiger partial charge on any atom is -0.480 e. The molecule has 0 spiro atoms. The van der Waals surface area contributed by atoms with Crippen LogP contribution in [0.4, 0.5) is 4.79 Å². The van der Waals surface area contributed by atoms with Crippen molar-refractivity contribution < 1.29 is 34.1 Å². The van der Waals surface area contributed by atoms with E-state index in [1.165, 1.54) is 0 Å². The van der Waals surface area contributed by atoms with E-state index in [0.717, 1.165) is 0 Å². The first kappa shape index (κ1) is 18.1. The maximum absolute atomic E-state index is 11.6. The van der Waals surface area contributed by atoms with Crippen molar-refractivity contribution in [1.82, 2.24) is 10.2 Å². The average Bonchev–Trinajstić information content (AvgIpc) is 2.35. The molecule has 0 heterocycles. The summed E-state index contributed by atoms with van der Waals surface area (Å²) in [6.45, 7) is 0.292. The Hall–Kier alpha value is -1.87. The number of carboxylic acids is 2. The first-order valence-corrected chi connectivity index (χ1v) is 6.00. The van der Waals surface area contributed by atoms with Crippen LogP contribution in [0.3, 0.4) is 0 Å². The number of nitrogens with one attached hydrogen (secondary N) is 1. The zero-order valence-corrected chi connectivity index (χ0v) is 11.3. The van der Waals surface area contributed by atoms with Gasteiger partial charge in [0.05, 0.1) is 13.2 Å². The van der Waals surface area contributed by atoms with Crippen LogP contribution < -0.4 is 5.32 Å². The summed E-state index contributed by atoms with van der Waals surface area (Å²) in [7, 11) is 1.56. The lowest BCUT2D eigenvalue weighted by molar-refractivity contribution is -0.140. The number of rotatable bonds is 11. The summed E-state index contributed by atoms with van der Waals surface area (Å²) >= 11 is 0. The number of carbonyl (C=O) groups is 3. The first-order valence-electron chi connectivity index (χ1n) is 6.00. The molecule has 116 valence electrons. The Morgan fingerprint density at radius 3 is 2.15 bits per heavy atom. The third-order valence-electron chi connectivity index (χ3n) is 2.11. The molecule has 0 aromatic heterocycles. The molecule has 0 aliphatic carbocycles. The van der Waals surface area contributed by atoms with Gasteiger partial charge >= 0.3 is 18.0 Å². The fourth-order valence-electron chi connectivity index (χ4n) is 1.25. The molecule has 0 saturated heterocycles. The molecule has 9 nitrogen and oxygen atoms in total. The van der Waals surface area contributed by atoms with E-state index in [4.69, 9.17) is 19.7 Å². The second-order valence-electron chi connectivity index (χ2n) is 3.83. The average molecular weight is 292 g/mol. The molecule has 0 aliphatic heterocycles. The maximum atomic E-state index is 11.6. The van der Waals surface area contributed by atoms with Gasteiger partial charge in [0.2, 0.25) is 0 Å². The number of carbonyl (C=O) groups excluding carboxylic acids is 1. The van der Waals surface area contributed by atoms with Gasteiger partial charge < -0.3 is 29.9 Å². The largest absolute Gasteiger partial charge is 0.480 e. The molecule has 0 radical (unpaired) electrons. The lowest BCUT2D eigenvalue weighted by Crippen LogP contribution is -2.45. The number of ether oxygens (including phenoxy) is 2. The molecule has 0 fully saturated rings. The minimum absolute atomic E-state index is 0.265. The highest BCUT2D eigenvalue weighted by Gasteiger charge is 2.18. The van der Waals surface area contributed by atoms with Crippen LogP contribution >= 0.6 is 0 Å². The van der Waals surface area contributed by atoms with Crippen molar-refractivity contribution in [1.29, 1.82) is 0 Å². The van der Waals surface area contributed by atoms with E-state index in [0.29, 0.717) is 31.1 Å². The van der Waals surface area contributed by atoms with Crippen molar-refractivity contribution in [2.75, 3.05) is 46.6 Å². The van der Waals surface area contributed by atoms with Crippen LogP contribution in [-0.4, -0.2) is 79.6 Å². The lowest BCUT2D eigenvalue weighted by atomic mass is 10.4. The van der Waals surface area contributed by atoms with Gasteiger partial charge in [-0.05, 0) is 6.42 Å². The Balaban J connectivity index is 3.89. The zero-order chi connectivity index (χ0) is 15.4. The highest BCUT2D eigenvalue weighted by Crippen LogP contribution is 1.91. The summed E-state index contributed by atoms with van der Waals surface area (Å²) in [5.74, 6) is -2.55. The Morgan fingerprint density at radius 2 is 1.65 bits per heavy atom. The summed E-state index contributed by atoms with van der Waals surface area (Å²) in [6, 6.07) is -0.730. The highest BCUT2D eigenvalue weighted by atomic mass is 16.5. The Labute approximate surface area is 116 Å². The van der Waals surface area contributed by atoms with Gasteiger partial charge in [0, 0.05) is 20.3 Å². The number of amides is 2. The molecule has 0 aliphatic rings. The van der Waals surface area contributed by atoms with E-state index in [-0.39, 0.29) is 6.54 Å². The first-order chi connectivity index (χ1) is 9.47. The molecule has 3 N–H and O–H groups in total. The van der Waals surface area contributed by atoms with E-state index in [9.17, 15) is 14.4 Å². The minimum atomic E-state index is -1.27. The molecule has 0 saturated carbocycles. The van der Waals surface area contributed by atoms with Crippen molar-refractivity contribution in [3.63, 3.8) is 0 Å². The number of hydrogen-bond donors (Lipinski definition) is 3. The van der Waals surface area contributed by atoms with E-state index in [2.05, 4.69) is 5.32 Å². The number of methoxy groups -OCH3 is 1. The second-order valence-corrected chi connectivity index (χ2v) is 3.83. The molecular formula is C11H20N2O7. The number of carboxylic acid groups (broad SMARTS) is 2. The standard InChI is InChI=1S/C11H20N2O7/c1-19-5-6-20-4-2-3-12-11(18)13(7-9(14)15)8-10(16)17/h2-8H2,1H3,(H,12,18)(H,14,15)(H,16,17). The van der Waals surface area contributed by atoms with Gasteiger partial charge in [-0.2, -0.15) is 0 Å². The topological polar surface area (TPSA) is 125 Å². The van der Waals surface area contributed by atoms with Crippen molar-refractivity contribution in [2.24, 2.45) is 0 Å². The Kier molecular flexibility index (Phi) is 9.97. The fourth-order valence-corrected chi connectivity index (χ4v) is 1.25. The van der Waals surface area contributed by atoms with Gasteiger partial charge in [0.15, 0.2) is 0 Å². The van der Waals surface area contributed by atoms with Crippen LogP contribution in [-0.2, 0) is 19.1 Å². The van der Waals surface area contributed by atoms with Gasteiger partial charge in [0.25, 0.3) is 0 Å². The van der Waals surface area contributed by atoms with Crippen molar-refractivity contribution in [3.8, 4) is 0 Å². The van der Waals surface area contributed by atoms with Gasteiger partial charge in [-0.15, -0.1) is 0 Å². The predicted molar refractivity (Wildman–Crippen MR) is 67.6 cm³/mol. The van der Waals surface area contributed by atoms with E-state index >= 15 is 0 Å². The Morgan fingerprint density at radius 1 is 1.05 bits per heavy atom.